The standard InChI is InChI=1S/C12H11N5O3/c1-16-6-7(3-14-16)20-10-8-5-15-17(2)11(8)13-4-9(10)12(18)19/h3-6H,1-2H3,(H,18,19). The van der Waals surface area contributed by atoms with Crippen molar-refractivity contribution < 1.29 is 14.6 Å². The van der Waals surface area contributed by atoms with Crippen molar-refractivity contribution in [1.82, 2.24) is 24.5 Å². The van der Waals surface area contributed by atoms with Gasteiger partial charge >= 0.3 is 5.97 Å². The molecule has 3 heterocycles. The highest BCUT2D eigenvalue weighted by atomic mass is 16.5. The van der Waals surface area contributed by atoms with Crippen LogP contribution < -0.4 is 4.74 Å². The second kappa shape index (κ2) is 4.34. The molecule has 0 amide bonds. The first-order chi connectivity index (χ1) is 9.56. The van der Waals surface area contributed by atoms with E-state index in [2.05, 4.69) is 15.2 Å². The van der Waals surface area contributed by atoms with E-state index in [9.17, 15) is 9.90 Å². The van der Waals surface area contributed by atoms with Gasteiger partial charge in [0.05, 0.1) is 24.0 Å². The van der Waals surface area contributed by atoms with Crippen molar-refractivity contribution in [1.29, 1.82) is 0 Å². The first-order valence-corrected chi connectivity index (χ1v) is 5.77. The summed E-state index contributed by atoms with van der Waals surface area (Å²) in [5, 5.41) is 17.8. The number of ether oxygens (including phenoxy) is 1. The van der Waals surface area contributed by atoms with Gasteiger partial charge in [0.15, 0.2) is 17.1 Å². The van der Waals surface area contributed by atoms with Gasteiger partial charge in [-0.25, -0.2) is 9.78 Å². The Morgan fingerprint density at radius 1 is 1.25 bits per heavy atom. The molecule has 3 aromatic heterocycles. The molecule has 0 aromatic carbocycles. The minimum atomic E-state index is -1.11. The van der Waals surface area contributed by atoms with Crippen LogP contribution in [0.2, 0.25) is 0 Å². The zero-order valence-electron chi connectivity index (χ0n) is 10.8. The minimum absolute atomic E-state index is 0.0191. The summed E-state index contributed by atoms with van der Waals surface area (Å²) in [5.41, 5.74) is 0.531. The van der Waals surface area contributed by atoms with Gasteiger partial charge < -0.3 is 9.84 Å². The van der Waals surface area contributed by atoms with Gasteiger partial charge in [0.1, 0.15) is 5.56 Å². The average molecular weight is 273 g/mol. The van der Waals surface area contributed by atoms with Crippen LogP contribution in [0.15, 0.2) is 24.8 Å². The van der Waals surface area contributed by atoms with Crippen molar-refractivity contribution in [3.8, 4) is 11.5 Å². The van der Waals surface area contributed by atoms with E-state index in [1.54, 1.807) is 29.7 Å². The number of aromatic carboxylic acids is 1. The summed E-state index contributed by atoms with van der Waals surface area (Å²) in [6.45, 7) is 0. The summed E-state index contributed by atoms with van der Waals surface area (Å²) in [6, 6.07) is 0. The molecule has 0 bridgehead atoms. The lowest BCUT2D eigenvalue weighted by molar-refractivity contribution is 0.0694. The predicted molar refractivity (Wildman–Crippen MR) is 68.8 cm³/mol. The van der Waals surface area contributed by atoms with Gasteiger partial charge in [0.2, 0.25) is 0 Å². The van der Waals surface area contributed by atoms with Crippen LogP contribution in [0.5, 0.6) is 11.5 Å². The molecule has 8 nitrogen and oxygen atoms in total. The Balaban J connectivity index is 2.19. The highest BCUT2D eigenvalue weighted by Gasteiger charge is 2.19. The van der Waals surface area contributed by atoms with Crippen molar-refractivity contribution in [3.05, 3.63) is 30.4 Å². The molecule has 102 valence electrons. The first kappa shape index (κ1) is 12.2. The van der Waals surface area contributed by atoms with Crippen LogP contribution >= 0.6 is 0 Å². The molecule has 0 aliphatic rings. The normalized spacial score (nSPS) is 10.9. The molecule has 20 heavy (non-hydrogen) atoms. The summed E-state index contributed by atoms with van der Waals surface area (Å²) >= 11 is 0. The van der Waals surface area contributed by atoms with Crippen molar-refractivity contribution in [3.63, 3.8) is 0 Å². The molecule has 3 aromatic rings. The number of fused-ring (bicyclic) bond motifs is 1. The number of aryl methyl sites for hydroxylation is 2. The van der Waals surface area contributed by atoms with Gasteiger partial charge in [-0.3, -0.25) is 9.36 Å². The maximum atomic E-state index is 11.3. The molecule has 8 heteroatoms. The number of pyridine rings is 1. The molecule has 0 atom stereocenters. The molecule has 0 unspecified atom stereocenters. The maximum absolute atomic E-state index is 11.3. The number of aromatic nitrogens is 5. The van der Waals surface area contributed by atoms with E-state index in [4.69, 9.17) is 4.74 Å². The van der Waals surface area contributed by atoms with E-state index < -0.39 is 5.97 Å². The van der Waals surface area contributed by atoms with Crippen LogP contribution in [0.4, 0.5) is 0 Å². The number of hydrogen-bond acceptors (Lipinski definition) is 5. The van der Waals surface area contributed by atoms with E-state index in [1.807, 2.05) is 0 Å². The Kier molecular flexibility index (Phi) is 2.63. The summed E-state index contributed by atoms with van der Waals surface area (Å²) < 4.78 is 8.78. The molecular weight excluding hydrogens is 262 g/mol. The van der Waals surface area contributed by atoms with Gasteiger partial charge in [-0.1, -0.05) is 0 Å². The van der Waals surface area contributed by atoms with Crippen molar-refractivity contribution >= 4 is 17.0 Å². The van der Waals surface area contributed by atoms with E-state index in [0.717, 1.165) is 0 Å². The van der Waals surface area contributed by atoms with E-state index in [-0.39, 0.29) is 11.3 Å². The smallest absolute Gasteiger partial charge is 0.341 e. The highest BCUT2D eigenvalue weighted by Crippen LogP contribution is 2.32. The molecule has 0 saturated heterocycles. The Labute approximate surface area is 113 Å². The second-order valence-corrected chi connectivity index (χ2v) is 4.26. The molecule has 0 fully saturated rings. The van der Waals surface area contributed by atoms with Crippen LogP contribution in [-0.2, 0) is 14.1 Å². The van der Waals surface area contributed by atoms with Gasteiger partial charge in [0, 0.05) is 20.3 Å². The zero-order chi connectivity index (χ0) is 14.3. The molecule has 0 aliphatic heterocycles. The fraction of sp³-hybridized carbons (Fsp3) is 0.167. The summed E-state index contributed by atoms with van der Waals surface area (Å²) in [7, 11) is 3.47. The van der Waals surface area contributed by atoms with Crippen LogP contribution in [0.25, 0.3) is 11.0 Å². The van der Waals surface area contributed by atoms with Gasteiger partial charge in [-0.05, 0) is 0 Å². The third-order valence-corrected chi connectivity index (χ3v) is 2.84. The van der Waals surface area contributed by atoms with Crippen LogP contribution in [0.1, 0.15) is 10.4 Å². The third-order valence-electron chi connectivity index (χ3n) is 2.84. The number of carbonyl (C=O) groups is 1. The Bertz CT molecular complexity index is 805. The monoisotopic (exact) mass is 273 g/mol. The third kappa shape index (κ3) is 1.87. The Morgan fingerprint density at radius 3 is 2.70 bits per heavy atom. The SMILES string of the molecule is Cn1cc(Oc2c(C(=O)O)cnc3c2cnn3C)cn1. The molecular formula is C12H11N5O3. The lowest BCUT2D eigenvalue weighted by Gasteiger charge is -2.07. The molecule has 3 rings (SSSR count). The van der Waals surface area contributed by atoms with Crippen molar-refractivity contribution in [2.45, 2.75) is 0 Å². The second-order valence-electron chi connectivity index (χ2n) is 4.26. The van der Waals surface area contributed by atoms with Crippen LogP contribution in [0, 0.1) is 0 Å². The quantitative estimate of drug-likeness (QED) is 0.770. The molecule has 0 radical (unpaired) electrons. The van der Waals surface area contributed by atoms with Crippen LogP contribution in [-0.4, -0.2) is 35.6 Å². The fourth-order valence-corrected chi connectivity index (χ4v) is 1.91. The lowest BCUT2D eigenvalue weighted by Crippen LogP contribution is -2.02. The average Bonchev–Trinajstić information content (AvgIpc) is 2.97. The van der Waals surface area contributed by atoms with Gasteiger partial charge in [-0.2, -0.15) is 10.2 Å². The number of carboxylic acids is 1. The minimum Gasteiger partial charge on any atom is -0.477 e. The highest BCUT2D eigenvalue weighted by molar-refractivity contribution is 5.98. The number of rotatable bonds is 3. The topological polar surface area (TPSA) is 95.1 Å². The summed E-state index contributed by atoms with van der Waals surface area (Å²) in [5.74, 6) is -0.447. The van der Waals surface area contributed by atoms with Crippen LogP contribution in [0.3, 0.4) is 0 Å². The van der Waals surface area contributed by atoms with E-state index >= 15 is 0 Å². The Hall–Kier alpha value is -2.90. The summed E-state index contributed by atoms with van der Waals surface area (Å²) in [4.78, 5) is 15.4. The maximum Gasteiger partial charge on any atom is 0.341 e. The molecule has 0 aliphatic carbocycles. The molecule has 1 N–H and O–H groups in total. The summed E-state index contributed by atoms with van der Waals surface area (Å²) in [6.07, 6.45) is 5.95. The van der Waals surface area contributed by atoms with E-state index in [0.29, 0.717) is 16.8 Å². The number of carboxylic acid groups (broad SMARTS) is 1. The van der Waals surface area contributed by atoms with Gasteiger partial charge in [-0.15, -0.1) is 0 Å². The zero-order valence-corrected chi connectivity index (χ0v) is 10.8. The van der Waals surface area contributed by atoms with E-state index in [1.165, 1.54) is 18.6 Å². The first-order valence-electron chi connectivity index (χ1n) is 5.77. The van der Waals surface area contributed by atoms with Gasteiger partial charge in [0.25, 0.3) is 0 Å². The van der Waals surface area contributed by atoms with Crippen molar-refractivity contribution in [2.24, 2.45) is 14.1 Å². The molecule has 0 spiro atoms. The predicted octanol–water partition coefficient (Wildman–Crippen LogP) is 1.19. The van der Waals surface area contributed by atoms with Crippen molar-refractivity contribution in [2.75, 3.05) is 0 Å². The largest absolute Gasteiger partial charge is 0.477 e. The number of hydrogen-bond donors (Lipinski definition) is 1. The molecule has 0 saturated carbocycles. The number of nitrogens with zero attached hydrogens (tertiary/aromatic N) is 5. The lowest BCUT2D eigenvalue weighted by atomic mass is 10.2. The fourth-order valence-electron chi connectivity index (χ4n) is 1.91. The Morgan fingerprint density at radius 2 is 2.05 bits per heavy atom.